The molecule has 30 heavy (non-hydrogen) atoms. The van der Waals surface area contributed by atoms with E-state index in [-0.39, 0.29) is 0 Å². The second-order valence-corrected chi connectivity index (χ2v) is 18.8. The van der Waals surface area contributed by atoms with Crippen molar-refractivity contribution in [1.29, 1.82) is 0 Å². The van der Waals surface area contributed by atoms with E-state index in [1.54, 1.807) is 0 Å². The maximum absolute atomic E-state index is 11.4. The summed E-state index contributed by atoms with van der Waals surface area (Å²) in [6.45, 7) is 27.2. The van der Waals surface area contributed by atoms with Crippen LogP contribution in [0.25, 0.3) is 0 Å². The Balaban J connectivity index is 2.74. The second-order valence-electron chi connectivity index (χ2n) is 9.95. The van der Waals surface area contributed by atoms with Crippen LogP contribution in [0.4, 0.5) is 4.79 Å². The molecule has 1 fully saturated rings. The van der Waals surface area contributed by atoms with Gasteiger partial charge in [-0.25, -0.2) is 4.79 Å². The smallest absolute Gasteiger partial charge is 0.488 e. The highest BCUT2D eigenvalue weighted by Gasteiger charge is 2.44. The van der Waals surface area contributed by atoms with Gasteiger partial charge >= 0.3 is 6.16 Å². The van der Waals surface area contributed by atoms with Crippen molar-refractivity contribution in [3.05, 3.63) is 36.3 Å². The van der Waals surface area contributed by atoms with Crippen LogP contribution in [0, 0.1) is 0 Å². The lowest BCUT2D eigenvalue weighted by Crippen LogP contribution is -2.46. The van der Waals surface area contributed by atoms with Gasteiger partial charge in [0.2, 0.25) is 0 Å². The zero-order valence-electron chi connectivity index (χ0n) is 20.6. The lowest BCUT2D eigenvalue weighted by atomic mass is 9.95. The number of ether oxygens (including phenoxy) is 3. The van der Waals surface area contributed by atoms with E-state index in [2.05, 4.69) is 53.2 Å². The monoisotopic (exact) mass is 454 g/mol. The minimum Gasteiger partial charge on any atom is -0.488 e. The zero-order chi connectivity index (χ0) is 23.4. The Bertz CT molecular complexity index is 698. The average molecular weight is 455 g/mol. The number of cyclic esters (lactones) is 2. The fraction of sp³-hybridized carbons (Fsp3) is 0.696. The van der Waals surface area contributed by atoms with Crippen molar-refractivity contribution < 1.29 is 23.1 Å². The Hall–Kier alpha value is -1.32. The lowest BCUT2D eigenvalue weighted by molar-refractivity contribution is 0.0426. The van der Waals surface area contributed by atoms with Gasteiger partial charge in [0.1, 0.15) is 11.4 Å². The van der Waals surface area contributed by atoms with Crippen LogP contribution in [0.15, 0.2) is 36.3 Å². The minimum absolute atomic E-state index is 0.388. The number of hydrogen-bond acceptors (Lipinski definition) is 5. The molecule has 1 aliphatic heterocycles. The van der Waals surface area contributed by atoms with Crippen molar-refractivity contribution in [2.75, 3.05) is 0 Å². The van der Waals surface area contributed by atoms with Gasteiger partial charge in [0.05, 0.1) is 5.76 Å². The van der Waals surface area contributed by atoms with Crippen molar-refractivity contribution in [2.45, 2.75) is 103 Å². The van der Waals surface area contributed by atoms with Crippen LogP contribution in [0.3, 0.4) is 0 Å². The van der Waals surface area contributed by atoms with E-state index in [9.17, 15) is 4.79 Å². The molecule has 5 nitrogen and oxygen atoms in total. The number of rotatable bonds is 12. The van der Waals surface area contributed by atoms with E-state index >= 15 is 0 Å². The molecule has 2 atom stereocenters. The summed E-state index contributed by atoms with van der Waals surface area (Å²) in [6.07, 6.45) is 3.78. The van der Waals surface area contributed by atoms with Crippen molar-refractivity contribution >= 4 is 22.8 Å². The Morgan fingerprint density at radius 2 is 1.80 bits per heavy atom. The third kappa shape index (κ3) is 7.43. The van der Waals surface area contributed by atoms with E-state index < -0.39 is 34.0 Å². The van der Waals surface area contributed by atoms with E-state index in [1.807, 2.05) is 26.8 Å². The SMILES string of the molecule is C=C(C)C(C)(CC[Si](C)(C)O[Si](C)(C)CCC1(C)OC(=O)OC1=C)OC(=CC)CC. The van der Waals surface area contributed by atoms with Crippen LogP contribution in [-0.4, -0.2) is 34.0 Å². The molecule has 0 aromatic heterocycles. The molecule has 0 bridgehead atoms. The summed E-state index contributed by atoms with van der Waals surface area (Å²) in [6, 6.07) is 1.85. The molecule has 0 spiro atoms. The molecule has 0 aliphatic carbocycles. The minimum atomic E-state index is -1.98. The highest BCUT2D eigenvalue weighted by Crippen LogP contribution is 2.37. The molecule has 172 valence electrons. The molecule has 2 unspecified atom stereocenters. The highest BCUT2D eigenvalue weighted by atomic mass is 28.4. The number of hydrogen-bond donors (Lipinski definition) is 0. The van der Waals surface area contributed by atoms with Crippen molar-refractivity contribution in [2.24, 2.45) is 0 Å². The molecule has 0 N–H and O–H groups in total. The Morgan fingerprint density at radius 3 is 2.23 bits per heavy atom. The molecular formula is C23H42O5Si2. The van der Waals surface area contributed by atoms with Gasteiger partial charge in [-0.1, -0.05) is 20.1 Å². The standard InChI is InChI=1S/C23H42O5Si2/c1-12-20(13-2)26-22(6,18(3)4)14-16-29(8,9)28-30(10,11)17-15-23(7)19(5)25-21(24)27-23/h12H,3,5,13-17H2,1-2,4,6-11H3. The summed E-state index contributed by atoms with van der Waals surface area (Å²) in [7, 11) is -3.91. The summed E-state index contributed by atoms with van der Waals surface area (Å²) in [4.78, 5) is 11.4. The number of allylic oxidation sites excluding steroid dienone is 2. The van der Waals surface area contributed by atoms with E-state index in [0.29, 0.717) is 12.2 Å². The maximum atomic E-state index is 11.4. The van der Waals surface area contributed by atoms with Crippen molar-refractivity contribution in [3.63, 3.8) is 0 Å². The van der Waals surface area contributed by atoms with Gasteiger partial charge in [-0.2, -0.15) is 0 Å². The molecule has 1 heterocycles. The molecule has 0 aromatic rings. The fourth-order valence-electron chi connectivity index (χ4n) is 3.57. The van der Waals surface area contributed by atoms with Gasteiger partial charge < -0.3 is 18.3 Å². The fourth-order valence-corrected chi connectivity index (χ4v) is 12.5. The first-order valence-electron chi connectivity index (χ1n) is 10.9. The molecular weight excluding hydrogens is 412 g/mol. The Labute approximate surface area is 185 Å². The van der Waals surface area contributed by atoms with Crippen LogP contribution in [0.1, 0.15) is 53.9 Å². The van der Waals surface area contributed by atoms with Gasteiger partial charge in [-0.3, -0.25) is 0 Å². The average Bonchev–Trinajstić information content (AvgIpc) is 2.88. The second kappa shape index (κ2) is 9.87. The van der Waals surface area contributed by atoms with Crippen LogP contribution >= 0.6 is 0 Å². The third-order valence-corrected chi connectivity index (χ3v) is 13.3. The first-order chi connectivity index (χ1) is 13.6. The van der Waals surface area contributed by atoms with Gasteiger partial charge in [0, 0.05) is 6.42 Å². The Kier molecular flexibility index (Phi) is 8.79. The number of carbonyl (C=O) groups excluding carboxylic acids is 1. The summed E-state index contributed by atoms with van der Waals surface area (Å²) < 4.78 is 23.5. The predicted molar refractivity (Wildman–Crippen MR) is 128 cm³/mol. The molecule has 0 saturated carbocycles. The first-order valence-corrected chi connectivity index (χ1v) is 17.1. The predicted octanol–water partition coefficient (Wildman–Crippen LogP) is 7.30. The summed E-state index contributed by atoms with van der Waals surface area (Å²) >= 11 is 0. The topological polar surface area (TPSA) is 54.0 Å². The van der Waals surface area contributed by atoms with Gasteiger partial charge in [-0.05, 0) is 90.5 Å². The summed E-state index contributed by atoms with van der Waals surface area (Å²) in [5.74, 6) is 1.39. The molecule has 0 aromatic carbocycles. The van der Waals surface area contributed by atoms with Crippen LogP contribution in [0.5, 0.6) is 0 Å². The lowest BCUT2D eigenvalue weighted by Gasteiger charge is -2.38. The summed E-state index contributed by atoms with van der Waals surface area (Å²) in [5.41, 5.74) is -0.116. The highest BCUT2D eigenvalue weighted by molar-refractivity contribution is 6.84. The van der Waals surface area contributed by atoms with Crippen LogP contribution in [-0.2, 0) is 18.3 Å². The Morgan fingerprint density at radius 1 is 1.23 bits per heavy atom. The number of carbonyl (C=O) groups is 1. The normalized spacial score (nSPS) is 22.4. The maximum Gasteiger partial charge on any atom is 0.514 e. The van der Waals surface area contributed by atoms with E-state index in [0.717, 1.165) is 36.3 Å². The van der Waals surface area contributed by atoms with Crippen molar-refractivity contribution in [3.8, 4) is 0 Å². The van der Waals surface area contributed by atoms with Crippen LogP contribution in [0.2, 0.25) is 38.3 Å². The summed E-state index contributed by atoms with van der Waals surface area (Å²) in [5, 5.41) is 0. The molecule has 0 radical (unpaired) electrons. The first kappa shape index (κ1) is 26.7. The molecule has 1 rings (SSSR count). The molecule has 7 heteroatoms. The molecule has 1 saturated heterocycles. The van der Waals surface area contributed by atoms with E-state index in [4.69, 9.17) is 18.3 Å². The van der Waals surface area contributed by atoms with Gasteiger partial charge in [-0.15, -0.1) is 0 Å². The third-order valence-electron chi connectivity index (χ3n) is 6.00. The van der Waals surface area contributed by atoms with E-state index in [1.165, 1.54) is 0 Å². The van der Waals surface area contributed by atoms with Gasteiger partial charge in [0.25, 0.3) is 0 Å². The largest absolute Gasteiger partial charge is 0.514 e. The van der Waals surface area contributed by atoms with Crippen molar-refractivity contribution in [1.82, 2.24) is 0 Å². The van der Waals surface area contributed by atoms with Gasteiger partial charge in [0.15, 0.2) is 22.2 Å². The zero-order valence-corrected chi connectivity index (χ0v) is 22.6. The quantitative estimate of drug-likeness (QED) is 0.134. The molecule has 1 aliphatic rings. The van der Waals surface area contributed by atoms with Crippen LogP contribution < -0.4 is 0 Å². The molecule has 0 amide bonds.